The summed E-state index contributed by atoms with van der Waals surface area (Å²) in [5.74, 6) is 0.335. The second kappa shape index (κ2) is 13.4. The zero-order chi connectivity index (χ0) is 30.0. The third-order valence-corrected chi connectivity index (χ3v) is 7.56. The van der Waals surface area contributed by atoms with Gasteiger partial charge in [0.2, 0.25) is 0 Å². The van der Waals surface area contributed by atoms with Gasteiger partial charge in [0.05, 0.1) is 11.4 Å². The smallest absolute Gasteiger partial charge is 0.124 e. The van der Waals surface area contributed by atoms with Crippen molar-refractivity contribution in [1.82, 2.24) is 0 Å². The molecule has 0 aliphatic heterocycles. The molecule has 0 aromatic heterocycles. The Morgan fingerprint density at radius 2 is 0.837 bits per heavy atom. The molecule has 0 saturated heterocycles. The maximum Gasteiger partial charge on any atom is 0.124 e. The van der Waals surface area contributed by atoms with E-state index in [1.165, 1.54) is 33.4 Å². The van der Waals surface area contributed by atoms with E-state index >= 15 is 0 Å². The van der Waals surface area contributed by atoms with Gasteiger partial charge in [-0.1, -0.05) is 59.7 Å². The van der Waals surface area contributed by atoms with Crippen molar-refractivity contribution in [2.45, 2.75) is 41.5 Å². The molecule has 0 atom stereocenters. The molecule has 5 heteroatoms. The zero-order valence-corrected chi connectivity index (χ0v) is 27.6. The minimum atomic E-state index is 0. The fourth-order valence-electron chi connectivity index (χ4n) is 5.85. The Kier molecular flexibility index (Phi) is 9.83. The maximum absolute atomic E-state index is 10.8. The van der Waals surface area contributed by atoms with Gasteiger partial charge in [0, 0.05) is 44.6 Å². The van der Waals surface area contributed by atoms with E-state index in [0.29, 0.717) is 22.5 Å². The Bertz CT molecular complexity index is 1690. The third kappa shape index (κ3) is 7.04. The summed E-state index contributed by atoms with van der Waals surface area (Å²) in [5, 5.41) is 21.6. The molecule has 5 aromatic rings. The van der Waals surface area contributed by atoms with Crippen molar-refractivity contribution in [2.24, 2.45) is 9.98 Å². The van der Waals surface area contributed by atoms with Gasteiger partial charge in [-0.3, -0.25) is 9.98 Å². The largest absolute Gasteiger partial charge is 0.507 e. The number of hydrogen-bond acceptors (Lipinski definition) is 4. The van der Waals surface area contributed by atoms with Crippen molar-refractivity contribution in [1.29, 1.82) is 0 Å². The van der Waals surface area contributed by atoms with Crippen LogP contribution in [0, 0.1) is 41.5 Å². The first-order valence-electron chi connectivity index (χ1n) is 14.1. The number of rotatable bonds is 6. The summed E-state index contributed by atoms with van der Waals surface area (Å²) < 4.78 is 0. The summed E-state index contributed by atoms with van der Waals surface area (Å²) in [4.78, 5) is 9.28. The van der Waals surface area contributed by atoms with Crippen LogP contribution in [-0.4, -0.2) is 22.6 Å². The molecule has 0 fully saturated rings. The van der Waals surface area contributed by atoms with Gasteiger partial charge in [-0.2, -0.15) is 0 Å². The molecule has 5 aromatic carbocycles. The van der Waals surface area contributed by atoms with Crippen LogP contribution in [0.3, 0.4) is 0 Å². The van der Waals surface area contributed by atoms with E-state index in [0.717, 1.165) is 22.3 Å². The molecular formula is C38H36N2O2Pt. The van der Waals surface area contributed by atoms with Crippen molar-refractivity contribution in [3.05, 3.63) is 129 Å². The summed E-state index contributed by atoms with van der Waals surface area (Å²) >= 11 is 0. The molecule has 0 radical (unpaired) electrons. The van der Waals surface area contributed by atoms with Crippen LogP contribution in [-0.2, 0) is 21.1 Å². The Morgan fingerprint density at radius 3 is 1.16 bits per heavy atom. The van der Waals surface area contributed by atoms with E-state index in [2.05, 4.69) is 75.8 Å². The number of nitrogens with zero attached hydrogens (tertiary/aromatic N) is 2. The maximum atomic E-state index is 10.8. The number of phenols is 2. The molecule has 0 unspecified atom stereocenters. The van der Waals surface area contributed by atoms with Gasteiger partial charge in [-0.25, -0.2) is 0 Å². The zero-order valence-electron chi connectivity index (χ0n) is 25.3. The number of phenolic OH excluding ortho intramolecular Hbond substituents is 2. The molecule has 2 N–H and O–H groups in total. The van der Waals surface area contributed by atoms with Crippen LogP contribution in [0.2, 0.25) is 0 Å². The first-order valence-corrected chi connectivity index (χ1v) is 14.1. The number of aliphatic imine (C=N–C) groups is 2. The topological polar surface area (TPSA) is 65.2 Å². The fourth-order valence-corrected chi connectivity index (χ4v) is 5.85. The Morgan fingerprint density at radius 1 is 0.488 bits per heavy atom. The van der Waals surface area contributed by atoms with E-state index in [9.17, 15) is 10.2 Å². The molecule has 43 heavy (non-hydrogen) atoms. The number of hydrogen-bond donors (Lipinski definition) is 2. The van der Waals surface area contributed by atoms with Gasteiger partial charge >= 0.3 is 0 Å². The number of aromatic hydroxyl groups is 2. The number of para-hydroxylation sites is 2. The predicted octanol–water partition coefficient (Wildman–Crippen LogP) is 9.78. The van der Waals surface area contributed by atoms with Gasteiger partial charge < -0.3 is 10.2 Å². The van der Waals surface area contributed by atoms with Gasteiger partial charge in [0.1, 0.15) is 11.5 Å². The minimum Gasteiger partial charge on any atom is -0.507 e. The van der Waals surface area contributed by atoms with Crippen LogP contribution in [0.4, 0.5) is 11.4 Å². The Hall–Kier alpha value is -4.27. The molecule has 0 heterocycles. The Labute approximate surface area is 268 Å². The van der Waals surface area contributed by atoms with Crippen molar-refractivity contribution >= 4 is 23.8 Å². The normalized spacial score (nSPS) is 11.3. The van der Waals surface area contributed by atoms with Crippen LogP contribution >= 0.6 is 0 Å². The molecule has 0 aliphatic rings. The Balaban J connectivity index is 0.00000423. The second-order valence-electron chi connectivity index (χ2n) is 11.1. The van der Waals surface area contributed by atoms with Crippen molar-refractivity contribution in [2.75, 3.05) is 0 Å². The van der Waals surface area contributed by atoms with E-state index in [-0.39, 0.29) is 32.6 Å². The molecule has 220 valence electrons. The molecule has 0 bridgehead atoms. The van der Waals surface area contributed by atoms with Gasteiger partial charge in [0.15, 0.2) is 0 Å². The van der Waals surface area contributed by atoms with Crippen molar-refractivity contribution in [3.8, 4) is 33.8 Å². The predicted molar refractivity (Wildman–Crippen MR) is 176 cm³/mol. The molecule has 0 amide bonds. The molecule has 5 rings (SSSR count). The molecule has 0 saturated carbocycles. The van der Waals surface area contributed by atoms with Gasteiger partial charge in [-0.15, -0.1) is 0 Å². The van der Waals surface area contributed by atoms with E-state index in [1.807, 2.05) is 48.5 Å². The van der Waals surface area contributed by atoms with Crippen molar-refractivity contribution in [3.63, 3.8) is 0 Å². The average Bonchev–Trinajstić information content (AvgIpc) is 2.91. The van der Waals surface area contributed by atoms with Gasteiger partial charge in [0.25, 0.3) is 0 Å². The van der Waals surface area contributed by atoms with E-state index in [1.54, 1.807) is 24.6 Å². The summed E-state index contributed by atoms with van der Waals surface area (Å²) in [6.07, 6.45) is 3.31. The average molecular weight is 748 g/mol. The van der Waals surface area contributed by atoms with Crippen molar-refractivity contribution < 1.29 is 31.3 Å². The standard InChI is InChI=1S/C38H36N2O2.Pt/c1-23-15-25(3)37(26(4)16-23)29-11-13-31(35(41)19-29)21-39-33-9-7-8-10-34(33)40-22-32-14-12-30(20-36(32)42)38-27(5)17-24(2)18-28(38)6;/h7-22,41-42H,1-6H3;. The summed E-state index contributed by atoms with van der Waals surface area (Å²) in [7, 11) is 0. The summed E-state index contributed by atoms with van der Waals surface area (Å²) in [6.45, 7) is 12.6. The second-order valence-corrected chi connectivity index (χ2v) is 11.1. The third-order valence-electron chi connectivity index (χ3n) is 7.56. The number of aryl methyl sites for hydroxylation is 6. The molecule has 0 spiro atoms. The summed E-state index contributed by atoms with van der Waals surface area (Å²) in [5.41, 5.74) is 14.0. The monoisotopic (exact) mass is 747 g/mol. The minimum absolute atomic E-state index is 0. The fraction of sp³-hybridized carbons (Fsp3) is 0.158. The van der Waals surface area contributed by atoms with E-state index in [4.69, 9.17) is 0 Å². The van der Waals surface area contributed by atoms with Crippen LogP contribution < -0.4 is 0 Å². The number of benzene rings is 5. The SMILES string of the molecule is Cc1cc(C)c(-c2ccc(C=Nc3ccccc3N=Cc3ccc(-c4c(C)cc(C)cc4C)cc3O)c(O)c2)c(C)c1.[Pt]. The quantitative estimate of drug-likeness (QED) is 0.170. The van der Waals surface area contributed by atoms with Crippen LogP contribution in [0.5, 0.6) is 11.5 Å². The molecular weight excluding hydrogens is 712 g/mol. The van der Waals surface area contributed by atoms with Gasteiger partial charge in [-0.05, 0) is 122 Å². The van der Waals surface area contributed by atoms with Crippen LogP contribution in [0.25, 0.3) is 22.3 Å². The molecule has 0 aliphatic carbocycles. The first kappa shape index (κ1) is 31.7. The van der Waals surface area contributed by atoms with E-state index < -0.39 is 0 Å². The molecule has 4 nitrogen and oxygen atoms in total. The van der Waals surface area contributed by atoms with Crippen LogP contribution in [0.1, 0.15) is 44.5 Å². The van der Waals surface area contributed by atoms with Crippen LogP contribution in [0.15, 0.2) is 94.9 Å². The first-order chi connectivity index (χ1) is 20.1. The summed E-state index contributed by atoms with van der Waals surface area (Å²) in [6, 6.07) is 27.6.